The maximum absolute atomic E-state index is 12.8. The number of sulfonamides is 1. The van der Waals surface area contributed by atoms with Crippen molar-refractivity contribution in [1.82, 2.24) is 0 Å². The van der Waals surface area contributed by atoms with Crippen molar-refractivity contribution >= 4 is 27.3 Å². The molecule has 1 aliphatic heterocycles. The first-order valence-corrected chi connectivity index (χ1v) is 11.4. The average Bonchev–Trinajstić information content (AvgIpc) is 3.03. The summed E-state index contributed by atoms with van der Waals surface area (Å²) in [5.41, 5.74) is 3.49. The fraction of sp³-hybridized carbons (Fsp3) is 0.409. The second kappa shape index (κ2) is 7.24. The van der Waals surface area contributed by atoms with Crippen molar-refractivity contribution in [2.75, 3.05) is 16.2 Å². The van der Waals surface area contributed by atoms with Gasteiger partial charge in [-0.05, 0) is 66.6 Å². The predicted octanol–water partition coefficient (Wildman–Crippen LogP) is 4.30. The SMILES string of the molecule is CC(C)c1ccc(NS(=O)(=O)c2ccc3c(c2)CCN3C(=O)C2CCC2)cc1. The summed E-state index contributed by atoms with van der Waals surface area (Å²) in [4.78, 5) is 14.6. The normalized spacial score (nSPS) is 16.8. The van der Waals surface area contributed by atoms with Gasteiger partial charge in [-0.15, -0.1) is 0 Å². The van der Waals surface area contributed by atoms with Crippen LogP contribution in [0.15, 0.2) is 47.4 Å². The van der Waals surface area contributed by atoms with E-state index in [1.54, 1.807) is 30.3 Å². The first kappa shape index (κ1) is 19.0. The Labute approximate surface area is 166 Å². The first-order chi connectivity index (χ1) is 13.3. The number of nitrogens with one attached hydrogen (secondary N) is 1. The van der Waals surface area contributed by atoms with E-state index in [-0.39, 0.29) is 16.7 Å². The molecule has 0 unspecified atom stereocenters. The maximum atomic E-state index is 12.8. The largest absolute Gasteiger partial charge is 0.312 e. The molecule has 0 saturated heterocycles. The van der Waals surface area contributed by atoms with Crippen molar-refractivity contribution in [1.29, 1.82) is 0 Å². The smallest absolute Gasteiger partial charge is 0.261 e. The number of rotatable bonds is 5. The molecule has 148 valence electrons. The minimum atomic E-state index is -3.67. The molecule has 0 aromatic heterocycles. The highest BCUT2D eigenvalue weighted by molar-refractivity contribution is 7.92. The number of hydrogen-bond donors (Lipinski definition) is 1. The van der Waals surface area contributed by atoms with Crippen LogP contribution < -0.4 is 9.62 Å². The molecule has 0 bridgehead atoms. The van der Waals surface area contributed by atoms with Gasteiger partial charge in [0, 0.05) is 23.8 Å². The molecular formula is C22H26N2O3S. The molecule has 1 saturated carbocycles. The molecule has 4 rings (SSSR count). The van der Waals surface area contributed by atoms with Crippen molar-refractivity contribution in [2.24, 2.45) is 5.92 Å². The number of hydrogen-bond acceptors (Lipinski definition) is 3. The quantitative estimate of drug-likeness (QED) is 0.817. The van der Waals surface area contributed by atoms with Gasteiger partial charge in [0.05, 0.1) is 4.90 Å². The average molecular weight is 399 g/mol. The first-order valence-electron chi connectivity index (χ1n) is 9.92. The number of benzene rings is 2. The molecule has 1 heterocycles. The Morgan fingerprint density at radius 1 is 1.11 bits per heavy atom. The van der Waals surface area contributed by atoms with Crippen LogP contribution in [-0.2, 0) is 21.2 Å². The monoisotopic (exact) mass is 398 g/mol. The molecular weight excluding hydrogens is 372 g/mol. The fourth-order valence-corrected chi connectivity index (χ4v) is 4.91. The highest BCUT2D eigenvalue weighted by Crippen LogP contribution is 2.35. The lowest BCUT2D eigenvalue weighted by molar-refractivity contribution is -0.124. The van der Waals surface area contributed by atoms with E-state index in [0.29, 0.717) is 24.6 Å². The van der Waals surface area contributed by atoms with Gasteiger partial charge >= 0.3 is 0 Å². The number of amides is 1. The predicted molar refractivity (Wildman–Crippen MR) is 111 cm³/mol. The van der Waals surface area contributed by atoms with Crippen molar-refractivity contribution in [3.05, 3.63) is 53.6 Å². The summed E-state index contributed by atoms with van der Waals surface area (Å²) >= 11 is 0. The zero-order chi connectivity index (χ0) is 19.9. The Balaban J connectivity index is 1.53. The van der Waals surface area contributed by atoms with Gasteiger partial charge in [0.1, 0.15) is 0 Å². The van der Waals surface area contributed by atoms with Gasteiger partial charge in [0.15, 0.2) is 0 Å². The molecule has 28 heavy (non-hydrogen) atoms. The maximum Gasteiger partial charge on any atom is 0.261 e. The molecule has 2 aliphatic rings. The van der Waals surface area contributed by atoms with E-state index in [1.165, 1.54) is 0 Å². The zero-order valence-electron chi connectivity index (χ0n) is 16.3. The van der Waals surface area contributed by atoms with E-state index >= 15 is 0 Å². The van der Waals surface area contributed by atoms with Crippen molar-refractivity contribution < 1.29 is 13.2 Å². The van der Waals surface area contributed by atoms with Crippen LogP contribution in [0.1, 0.15) is 50.2 Å². The van der Waals surface area contributed by atoms with Gasteiger partial charge in [-0.25, -0.2) is 8.42 Å². The van der Waals surface area contributed by atoms with Crippen LogP contribution >= 0.6 is 0 Å². The molecule has 5 nitrogen and oxygen atoms in total. The van der Waals surface area contributed by atoms with Gasteiger partial charge in [-0.1, -0.05) is 32.4 Å². The summed E-state index contributed by atoms with van der Waals surface area (Å²) in [7, 11) is -3.67. The number of anilines is 2. The topological polar surface area (TPSA) is 66.5 Å². The Morgan fingerprint density at radius 2 is 1.82 bits per heavy atom. The van der Waals surface area contributed by atoms with Gasteiger partial charge in [0.25, 0.3) is 10.0 Å². The second-order valence-corrected chi connectivity index (χ2v) is 9.72. The summed E-state index contributed by atoms with van der Waals surface area (Å²) in [5.74, 6) is 0.724. The second-order valence-electron chi connectivity index (χ2n) is 8.04. The van der Waals surface area contributed by atoms with Gasteiger partial charge in [-0.2, -0.15) is 0 Å². The fourth-order valence-electron chi connectivity index (χ4n) is 3.80. The third kappa shape index (κ3) is 3.53. The third-order valence-electron chi connectivity index (χ3n) is 5.81. The summed E-state index contributed by atoms with van der Waals surface area (Å²) in [5, 5.41) is 0. The van der Waals surface area contributed by atoms with Gasteiger partial charge in [-0.3, -0.25) is 9.52 Å². The number of nitrogens with zero attached hydrogens (tertiary/aromatic N) is 1. The van der Waals surface area contributed by atoms with E-state index in [0.717, 1.165) is 36.1 Å². The lowest BCUT2D eigenvalue weighted by Gasteiger charge is -2.29. The van der Waals surface area contributed by atoms with E-state index in [4.69, 9.17) is 0 Å². The number of carbonyl (C=O) groups excluding carboxylic acids is 1. The lowest BCUT2D eigenvalue weighted by atomic mass is 9.84. The highest BCUT2D eigenvalue weighted by Gasteiger charge is 2.33. The van der Waals surface area contributed by atoms with E-state index < -0.39 is 10.0 Å². The highest BCUT2D eigenvalue weighted by atomic mass is 32.2. The molecule has 1 amide bonds. The van der Waals surface area contributed by atoms with E-state index in [9.17, 15) is 13.2 Å². The van der Waals surface area contributed by atoms with Crippen molar-refractivity contribution in [2.45, 2.75) is 50.3 Å². The van der Waals surface area contributed by atoms with Crippen molar-refractivity contribution in [3.8, 4) is 0 Å². The van der Waals surface area contributed by atoms with Crippen LogP contribution in [0.5, 0.6) is 0 Å². The van der Waals surface area contributed by atoms with Crippen LogP contribution in [-0.4, -0.2) is 20.9 Å². The number of fused-ring (bicyclic) bond motifs is 1. The number of carbonyl (C=O) groups is 1. The molecule has 2 aromatic rings. The van der Waals surface area contributed by atoms with Crippen LogP contribution in [0.2, 0.25) is 0 Å². The minimum absolute atomic E-state index is 0.143. The van der Waals surface area contributed by atoms with Crippen LogP contribution in [0.3, 0.4) is 0 Å². The summed E-state index contributed by atoms with van der Waals surface area (Å²) in [6, 6.07) is 12.5. The standard InChI is InChI=1S/C22H26N2O3S/c1-15(2)16-6-8-19(9-7-16)23-28(26,27)20-10-11-21-18(14-20)12-13-24(21)22(25)17-4-3-5-17/h6-11,14-15,17,23H,3-5,12-13H2,1-2H3. The zero-order valence-corrected chi connectivity index (χ0v) is 17.1. The van der Waals surface area contributed by atoms with Crippen LogP contribution in [0, 0.1) is 5.92 Å². The van der Waals surface area contributed by atoms with Crippen molar-refractivity contribution in [3.63, 3.8) is 0 Å². The minimum Gasteiger partial charge on any atom is -0.312 e. The van der Waals surface area contributed by atoms with Gasteiger partial charge in [0.2, 0.25) is 5.91 Å². The Morgan fingerprint density at radius 3 is 2.43 bits per heavy atom. The molecule has 0 atom stereocenters. The summed E-state index contributed by atoms with van der Waals surface area (Å²) in [6.45, 7) is 4.84. The molecule has 2 aromatic carbocycles. The molecule has 6 heteroatoms. The lowest BCUT2D eigenvalue weighted by Crippen LogP contribution is -2.37. The summed E-state index contributed by atoms with van der Waals surface area (Å²) in [6.07, 6.45) is 3.76. The molecule has 0 radical (unpaired) electrons. The van der Waals surface area contributed by atoms with Gasteiger partial charge < -0.3 is 4.90 Å². The molecule has 1 fully saturated rings. The summed E-state index contributed by atoms with van der Waals surface area (Å²) < 4.78 is 28.3. The van der Waals surface area contributed by atoms with Crippen LogP contribution in [0.4, 0.5) is 11.4 Å². The van der Waals surface area contributed by atoms with E-state index in [2.05, 4.69) is 18.6 Å². The van der Waals surface area contributed by atoms with E-state index in [1.807, 2.05) is 17.0 Å². The molecule has 1 N–H and O–H groups in total. The Hall–Kier alpha value is -2.34. The molecule has 1 aliphatic carbocycles. The Bertz CT molecular complexity index is 993. The third-order valence-corrected chi connectivity index (χ3v) is 7.19. The molecule has 0 spiro atoms. The van der Waals surface area contributed by atoms with Crippen LogP contribution in [0.25, 0.3) is 0 Å². The Kier molecular flexibility index (Phi) is 4.91.